The lowest BCUT2D eigenvalue weighted by Crippen LogP contribution is -2.58. The lowest BCUT2D eigenvalue weighted by Gasteiger charge is -2.24. The van der Waals surface area contributed by atoms with E-state index in [1.54, 1.807) is 0 Å². The van der Waals surface area contributed by atoms with Gasteiger partial charge in [-0.2, -0.15) is 0 Å². The smallest absolute Gasteiger partial charge is 0.328 e. The van der Waals surface area contributed by atoms with Gasteiger partial charge in [0.25, 0.3) is 0 Å². The minimum atomic E-state index is -1.63. The van der Waals surface area contributed by atoms with Crippen molar-refractivity contribution in [2.24, 2.45) is 22.2 Å². The fourth-order valence-corrected chi connectivity index (χ4v) is 2.39. The molecule has 16 heteroatoms. The number of guanidine groups is 1. The first-order valence-electron chi connectivity index (χ1n) is 9.81. The molecule has 0 aromatic carbocycles. The van der Waals surface area contributed by atoms with E-state index < -0.39 is 73.5 Å². The Balaban J connectivity index is 5.25. The zero-order valence-electron chi connectivity index (χ0n) is 17.8. The molecule has 0 aliphatic carbocycles. The molecule has 0 aromatic heterocycles. The van der Waals surface area contributed by atoms with Crippen molar-refractivity contribution in [1.29, 1.82) is 0 Å². The molecule has 13 N–H and O–H groups in total. The standard InChI is InChI=1S/C17H31N7O9/c18-8(3-4-12(27)28)13(29)23-10(6-25)15(31)22-9(2-1-5-21-17(19)20)14(30)24-11(7-26)16(32)33/h8-11,25-26H,1-7,18H2,(H,22,31)(H,23,29)(H,24,30)(H,27,28)(H,32,33)(H4,19,20,21). The second kappa shape index (κ2) is 15.3. The molecular formula is C17H31N7O9. The van der Waals surface area contributed by atoms with Crippen molar-refractivity contribution in [3.05, 3.63) is 0 Å². The number of carboxylic acid groups (broad SMARTS) is 2. The summed E-state index contributed by atoms with van der Waals surface area (Å²) < 4.78 is 0. The van der Waals surface area contributed by atoms with Gasteiger partial charge in [-0.1, -0.05) is 0 Å². The van der Waals surface area contributed by atoms with Crippen LogP contribution in [0.3, 0.4) is 0 Å². The minimum absolute atomic E-state index is 0.0592. The Bertz CT molecular complexity index is 728. The molecule has 188 valence electrons. The first-order valence-corrected chi connectivity index (χ1v) is 9.81. The highest BCUT2D eigenvalue weighted by molar-refractivity contribution is 5.94. The van der Waals surface area contributed by atoms with Crippen LogP contribution in [0, 0.1) is 0 Å². The van der Waals surface area contributed by atoms with Crippen molar-refractivity contribution < 1.29 is 44.4 Å². The highest BCUT2D eigenvalue weighted by atomic mass is 16.4. The summed E-state index contributed by atoms with van der Waals surface area (Å²) >= 11 is 0. The van der Waals surface area contributed by atoms with Crippen LogP contribution in [0.25, 0.3) is 0 Å². The van der Waals surface area contributed by atoms with Crippen LogP contribution in [-0.4, -0.2) is 100.0 Å². The molecule has 0 spiro atoms. The molecular weight excluding hydrogens is 446 g/mol. The zero-order valence-corrected chi connectivity index (χ0v) is 17.8. The van der Waals surface area contributed by atoms with Crippen molar-refractivity contribution in [2.45, 2.75) is 49.9 Å². The fraction of sp³-hybridized carbons (Fsp3) is 0.647. The summed E-state index contributed by atoms with van der Waals surface area (Å²) in [7, 11) is 0. The number of rotatable bonds is 16. The van der Waals surface area contributed by atoms with E-state index in [2.05, 4.69) is 20.9 Å². The number of aliphatic hydroxyl groups excluding tert-OH is 2. The van der Waals surface area contributed by atoms with E-state index in [4.69, 9.17) is 32.5 Å². The van der Waals surface area contributed by atoms with E-state index in [0.29, 0.717) is 0 Å². The number of nitrogens with zero attached hydrogens (tertiary/aromatic N) is 1. The quantitative estimate of drug-likeness (QED) is 0.0566. The molecule has 0 fully saturated rings. The summed E-state index contributed by atoms with van der Waals surface area (Å²) in [6.07, 6.45) is -0.480. The number of carbonyl (C=O) groups excluding carboxylic acids is 3. The fourth-order valence-electron chi connectivity index (χ4n) is 2.39. The first kappa shape index (κ1) is 29.5. The Hall–Kier alpha value is -3.50. The number of aliphatic hydroxyl groups is 2. The molecule has 4 atom stereocenters. The van der Waals surface area contributed by atoms with Gasteiger partial charge in [0.2, 0.25) is 17.7 Å². The second-order valence-electron chi connectivity index (χ2n) is 6.87. The molecule has 0 aromatic rings. The van der Waals surface area contributed by atoms with E-state index in [0.717, 1.165) is 0 Å². The van der Waals surface area contributed by atoms with Crippen LogP contribution < -0.4 is 33.2 Å². The Kier molecular flexibility index (Phi) is 13.7. The van der Waals surface area contributed by atoms with Gasteiger partial charge < -0.3 is 53.6 Å². The van der Waals surface area contributed by atoms with Crippen LogP contribution in [0.5, 0.6) is 0 Å². The van der Waals surface area contributed by atoms with Crippen molar-refractivity contribution >= 4 is 35.6 Å². The molecule has 0 heterocycles. The third-order valence-electron chi connectivity index (χ3n) is 4.20. The molecule has 3 amide bonds. The van der Waals surface area contributed by atoms with E-state index in [-0.39, 0.29) is 31.8 Å². The number of hydrogen-bond donors (Lipinski definition) is 10. The Morgan fingerprint density at radius 2 is 1.30 bits per heavy atom. The lowest BCUT2D eigenvalue weighted by atomic mass is 10.1. The molecule has 0 aliphatic rings. The summed E-state index contributed by atoms with van der Waals surface area (Å²) in [6.45, 7) is -1.69. The van der Waals surface area contributed by atoms with Gasteiger partial charge >= 0.3 is 11.9 Å². The Morgan fingerprint density at radius 3 is 1.79 bits per heavy atom. The van der Waals surface area contributed by atoms with Gasteiger partial charge in [0.15, 0.2) is 5.96 Å². The highest BCUT2D eigenvalue weighted by Crippen LogP contribution is 2.02. The number of hydrogen-bond acceptors (Lipinski definition) is 9. The Labute approximate surface area is 188 Å². The number of nitrogens with two attached hydrogens (primary N) is 3. The van der Waals surface area contributed by atoms with Crippen molar-refractivity contribution in [2.75, 3.05) is 19.8 Å². The third kappa shape index (κ3) is 12.2. The summed E-state index contributed by atoms with van der Waals surface area (Å²) in [5.41, 5.74) is 16.0. The van der Waals surface area contributed by atoms with Gasteiger partial charge in [-0.25, -0.2) is 4.79 Å². The average Bonchev–Trinajstić information content (AvgIpc) is 2.74. The van der Waals surface area contributed by atoms with E-state index >= 15 is 0 Å². The van der Waals surface area contributed by atoms with Crippen LogP contribution in [0.4, 0.5) is 0 Å². The zero-order chi connectivity index (χ0) is 25.6. The lowest BCUT2D eigenvalue weighted by molar-refractivity contribution is -0.143. The number of carbonyl (C=O) groups is 5. The molecule has 0 saturated carbocycles. The molecule has 16 nitrogen and oxygen atoms in total. The normalized spacial score (nSPS) is 14.2. The van der Waals surface area contributed by atoms with Crippen molar-refractivity contribution in [3.63, 3.8) is 0 Å². The summed E-state index contributed by atoms with van der Waals surface area (Å²) in [4.78, 5) is 62.4. The molecule has 0 rings (SSSR count). The molecule has 0 saturated heterocycles. The van der Waals surface area contributed by atoms with Crippen LogP contribution in [-0.2, 0) is 24.0 Å². The maximum Gasteiger partial charge on any atom is 0.328 e. The summed E-state index contributed by atoms with van der Waals surface area (Å²) in [6, 6.07) is -5.75. The second-order valence-corrected chi connectivity index (χ2v) is 6.87. The van der Waals surface area contributed by atoms with Crippen LogP contribution in [0.15, 0.2) is 4.99 Å². The highest BCUT2D eigenvalue weighted by Gasteiger charge is 2.29. The molecule has 0 aliphatic heterocycles. The monoisotopic (exact) mass is 477 g/mol. The van der Waals surface area contributed by atoms with E-state index in [9.17, 15) is 29.1 Å². The van der Waals surface area contributed by atoms with Gasteiger partial charge in [-0.05, 0) is 19.3 Å². The predicted octanol–water partition coefficient (Wildman–Crippen LogP) is -5.24. The van der Waals surface area contributed by atoms with Crippen molar-refractivity contribution in [3.8, 4) is 0 Å². The van der Waals surface area contributed by atoms with Crippen LogP contribution in [0.2, 0.25) is 0 Å². The van der Waals surface area contributed by atoms with Crippen LogP contribution >= 0.6 is 0 Å². The number of aliphatic carboxylic acids is 2. The molecule has 4 unspecified atom stereocenters. The molecule has 0 radical (unpaired) electrons. The number of carboxylic acids is 2. The number of aliphatic imine (C=N–C) groups is 1. The average molecular weight is 477 g/mol. The minimum Gasteiger partial charge on any atom is -0.481 e. The summed E-state index contributed by atoms with van der Waals surface area (Å²) in [5.74, 6) is -5.72. The van der Waals surface area contributed by atoms with Gasteiger partial charge in [-0.15, -0.1) is 0 Å². The summed E-state index contributed by atoms with van der Waals surface area (Å²) in [5, 5.41) is 42.6. The topological polar surface area (TPSA) is 293 Å². The Morgan fingerprint density at radius 1 is 0.788 bits per heavy atom. The largest absolute Gasteiger partial charge is 0.481 e. The first-order chi connectivity index (χ1) is 15.4. The van der Waals surface area contributed by atoms with Crippen molar-refractivity contribution in [1.82, 2.24) is 16.0 Å². The van der Waals surface area contributed by atoms with Gasteiger partial charge in [0.1, 0.15) is 18.1 Å². The van der Waals surface area contributed by atoms with Gasteiger partial charge in [0.05, 0.1) is 19.3 Å². The van der Waals surface area contributed by atoms with E-state index in [1.807, 2.05) is 0 Å². The van der Waals surface area contributed by atoms with Gasteiger partial charge in [0, 0.05) is 13.0 Å². The number of nitrogens with one attached hydrogen (secondary N) is 3. The van der Waals surface area contributed by atoms with E-state index in [1.165, 1.54) is 0 Å². The SMILES string of the molecule is NC(N)=NCCCC(NC(=O)C(CO)NC(=O)C(N)CCC(=O)O)C(=O)NC(CO)C(=O)O. The predicted molar refractivity (Wildman–Crippen MR) is 112 cm³/mol. The van der Waals surface area contributed by atoms with Crippen LogP contribution in [0.1, 0.15) is 25.7 Å². The third-order valence-corrected chi connectivity index (χ3v) is 4.20. The maximum atomic E-state index is 12.5. The molecule has 33 heavy (non-hydrogen) atoms. The molecule has 0 bridgehead atoms. The van der Waals surface area contributed by atoms with Gasteiger partial charge in [-0.3, -0.25) is 24.2 Å². The number of amides is 3. The maximum absolute atomic E-state index is 12.5.